The molecule has 2 aromatic heterocycles. The van der Waals surface area contributed by atoms with Crippen molar-refractivity contribution in [2.24, 2.45) is 0 Å². The van der Waals surface area contributed by atoms with Crippen LogP contribution < -0.4 is 5.56 Å². The highest BCUT2D eigenvalue weighted by atomic mass is 32.1. The van der Waals surface area contributed by atoms with Crippen LogP contribution in [0, 0.1) is 13.8 Å². The standard InChI is InChI=1S/C21H18N2O3S/c1-13-14(2)27-20-19(13)21(25)23(12-22-20)10-18(24)26-11-16-8-5-7-15-6-3-4-9-17(15)16/h3-9,12H,10-11H2,1-2H3. The van der Waals surface area contributed by atoms with Crippen LogP contribution in [0.5, 0.6) is 0 Å². The molecular weight excluding hydrogens is 360 g/mol. The van der Waals surface area contributed by atoms with Gasteiger partial charge < -0.3 is 4.74 Å². The molecule has 2 aromatic carbocycles. The minimum Gasteiger partial charge on any atom is -0.459 e. The topological polar surface area (TPSA) is 61.2 Å². The fourth-order valence-electron chi connectivity index (χ4n) is 3.14. The highest BCUT2D eigenvalue weighted by Crippen LogP contribution is 2.25. The van der Waals surface area contributed by atoms with Gasteiger partial charge in [-0.25, -0.2) is 4.98 Å². The van der Waals surface area contributed by atoms with Crippen molar-refractivity contribution in [1.82, 2.24) is 9.55 Å². The molecule has 0 saturated heterocycles. The molecule has 4 aromatic rings. The van der Waals surface area contributed by atoms with Gasteiger partial charge in [0, 0.05) is 4.88 Å². The van der Waals surface area contributed by atoms with Gasteiger partial charge in [-0.3, -0.25) is 14.2 Å². The van der Waals surface area contributed by atoms with Gasteiger partial charge in [-0.1, -0.05) is 42.5 Å². The molecule has 2 heterocycles. The number of fused-ring (bicyclic) bond motifs is 2. The second-order valence-corrected chi connectivity index (χ2v) is 7.64. The molecular formula is C21H18N2O3S. The van der Waals surface area contributed by atoms with Gasteiger partial charge in [0.15, 0.2) is 0 Å². The van der Waals surface area contributed by atoms with E-state index in [0.29, 0.717) is 10.2 Å². The molecule has 0 amide bonds. The number of carbonyl (C=O) groups is 1. The molecule has 6 heteroatoms. The number of aromatic nitrogens is 2. The second-order valence-electron chi connectivity index (χ2n) is 6.44. The van der Waals surface area contributed by atoms with E-state index in [1.807, 2.05) is 56.3 Å². The lowest BCUT2D eigenvalue weighted by molar-refractivity contribution is -0.145. The minimum atomic E-state index is -0.462. The van der Waals surface area contributed by atoms with Gasteiger partial charge in [-0.05, 0) is 35.7 Å². The van der Waals surface area contributed by atoms with Gasteiger partial charge in [0.1, 0.15) is 18.0 Å². The summed E-state index contributed by atoms with van der Waals surface area (Å²) in [7, 11) is 0. The van der Waals surface area contributed by atoms with Crippen molar-refractivity contribution < 1.29 is 9.53 Å². The van der Waals surface area contributed by atoms with Crippen LogP contribution in [0.4, 0.5) is 0 Å². The van der Waals surface area contributed by atoms with E-state index < -0.39 is 5.97 Å². The first-order chi connectivity index (χ1) is 13.0. The van der Waals surface area contributed by atoms with E-state index in [2.05, 4.69) is 4.98 Å². The molecule has 5 nitrogen and oxygen atoms in total. The zero-order chi connectivity index (χ0) is 19.0. The van der Waals surface area contributed by atoms with Gasteiger partial charge in [-0.15, -0.1) is 11.3 Å². The molecule has 0 unspecified atom stereocenters. The zero-order valence-corrected chi connectivity index (χ0v) is 15.9. The average Bonchev–Trinajstić information content (AvgIpc) is 2.97. The normalized spacial score (nSPS) is 11.2. The number of carbonyl (C=O) groups excluding carboxylic acids is 1. The Kier molecular flexibility index (Phi) is 4.49. The SMILES string of the molecule is Cc1sc2ncn(CC(=O)OCc3cccc4ccccc34)c(=O)c2c1C. The maximum Gasteiger partial charge on any atom is 0.326 e. The van der Waals surface area contributed by atoms with E-state index in [4.69, 9.17) is 4.74 Å². The van der Waals surface area contributed by atoms with Crippen LogP contribution in [-0.4, -0.2) is 15.5 Å². The Morgan fingerprint density at radius 2 is 1.93 bits per heavy atom. The fourth-order valence-corrected chi connectivity index (χ4v) is 4.13. The molecule has 0 aliphatic heterocycles. The van der Waals surface area contributed by atoms with Crippen molar-refractivity contribution in [3.8, 4) is 0 Å². The number of hydrogen-bond donors (Lipinski definition) is 0. The van der Waals surface area contributed by atoms with Crippen molar-refractivity contribution in [3.63, 3.8) is 0 Å². The lowest BCUT2D eigenvalue weighted by Gasteiger charge is -2.09. The Balaban J connectivity index is 1.53. The average molecular weight is 378 g/mol. The molecule has 0 fully saturated rings. The van der Waals surface area contributed by atoms with Crippen molar-refractivity contribution in [2.75, 3.05) is 0 Å². The van der Waals surface area contributed by atoms with Crippen molar-refractivity contribution in [1.29, 1.82) is 0 Å². The smallest absolute Gasteiger partial charge is 0.326 e. The van der Waals surface area contributed by atoms with Crippen LogP contribution in [0.15, 0.2) is 53.6 Å². The first kappa shape index (κ1) is 17.4. The molecule has 0 aliphatic rings. The lowest BCUT2D eigenvalue weighted by Crippen LogP contribution is -2.25. The molecule has 27 heavy (non-hydrogen) atoms. The molecule has 136 valence electrons. The van der Waals surface area contributed by atoms with Crippen molar-refractivity contribution >= 4 is 38.3 Å². The predicted molar refractivity (Wildman–Crippen MR) is 107 cm³/mol. The quantitative estimate of drug-likeness (QED) is 0.504. The summed E-state index contributed by atoms with van der Waals surface area (Å²) in [6, 6.07) is 13.9. The third-order valence-electron chi connectivity index (χ3n) is 4.72. The number of aryl methyl sites for hydroxylation is 2. The van der Waals surface area contributed by atoms with Crippen LogP contribution in [0.3, 0.4) is 0 Å². The Morgan fingerprint density at radius 3 is 2.78 bits per heavy atom. The lowest BCUT2D eigenvalue weighted by atomic mass is 10.1. The summed E-state index contributed by atoms with van der Waals surface area (Å²) in [5.74, 6) is -0.462. The maximum absolute atomic E-state index is 12.7. The summed E-state index contributed by atoms with van der Waals surface area (Å²) >= 11 is 1.49. The molecule has 0 saturated carbocycles. The van der Waals surface area contributed by atoms with Crippen LogP contribution in [0.1, 0.15) is 16.0 Å². The van der Waals surface area contributed by atoms with Crippen molar-refractivity contribution in [3.05, 3.63) is 75.1 Å². The van der Waals surface area contributed by atoms with Crippen LogP contribution in [-0.2, 0) is 22.7 Å². The summed E-state index contributed by atoms with van der Waals surface area (Å²) in [5, 5.41) is 2.74. The van der Waals surface area contributed by atoms with E-state index in [-0.39, 0.29) is 18.7 Å². The second kappa shape index (κ2) is 6.96. The Bertz CT molecular complexity index is 1220. The number of rotatable bonds is 4. The summed E-state index contributed by atoms with van der Waals surface area (Å²) in [4.78, 5) is 31.0. The highest BCUT2D eigenvalue weighted by molar-refractivity contribution is 7.18. The monoisotopic (exact) mass is 378 g/mol. The third-order valence-corrected chi connectivity index (χ3v) is 5.84. The first-order valence-electron chi connectivity index (χ1n) is 8.62. The molecule has 0 spiro atoms. The van der Waals surface area contributed by atoms with E-state index in [9.17, 15) is 9.59 Å². The van der Waals surface area contributed by atoms with Gasteiger partial charge in [0.2, 0.25) is 0 Å². The summed E-state index contributed by atoms with van der Waals surface area (Å²) < 4.78 is 6.73. The van der Waals surface area contributed by atoms with Gasteiger partial charge in [0.25, 0.3) is 5.56 Å². The van der Waals surface area contributed by atoms with Crippen LogP contribution >= 0.6 is 11.3 Å². The van der Waals surface area contributed by atoms with Gasteiger partial charge in [-0.2, -0.15) is 0 Å². The predicted octanol–water partition coefficient (Wildman–Crippen LogP) is 3.97. The van der Waals surface area contributed by atoms with Gasteiger partial charge >= 0.3 is 5.97 Å². The number of ether oxygens (including phenoxy) is 1. The van der Waals surface area contributed by atoms with Crippen LogP contribution in [0.2, 0.25) is 0 Å². The van der Waals surface area contributed by atoms with E-state index in [1.165, 1.54) is 22.2 Å². The highest BCUT2D eigenvalue weighted by Gasteiger charge is 2.14. The minimum absolute atomic E-state index is 0.152. The summed E-state index contributed by atoms with van der Waals surface area (Å²) in [5.41, 5.74) is 1.65. The van der Waals surface area contributed by atoms with E-state index in [1.54, 1.807) is 0 Å². The zero-order valence-electron chi connectivity index (χ0n) is 15.1. The third kappa shape index (κ3) is 3.24. The summed E-state index contributed by atoms with van der Waals surface area (Å²) in [6.45, 7) is 3.88. The Hall–Kier alpha value is -2.99. The molecule has 0 radical (unpaired) electrons. The number of nitrogens with zero attached hydrogens (tertiary/aromatic N) is 2. The number of esters is 1. The molecule has 0 bridgehead atoms. The van der Waals surface area contributed by atoms with E-state index >= 15 is 0 Å². The molecule has 0 aliphatic carbocycles. The largest absolute Gasteiger partial charge is 0.459 e. The molecule has 0 atom stereocenters. The Labute approximate surface area is 159 Å². The fraction of sp³-hybridized carbons (Fsp3) is 0.190. The number of hydrogen-bond acceptors (Lipinski definition) is 5. The van der Waals surface area contributed by atoms with Crippen LogP contribution in [0.25, 0.3) is 21.0 Å². The Morgan fingerprint density at radius 1 is 1.15 bits per heavy atom. The first-order valence-corrected chi connectivity index (χ1v) is 9.43. The molecule has 4 rings (SSSR count). The van der Waals surface area contributed by atoms with Gasteiger partial charge in [0.05, 0.1) is 11.7 Å². The maximum atomic E-state index is 12.7. The number of thiophene rings is 1. The molecule has 0 N–H and O–H groups in total. The van der Waals surface area contributed by atoms with Crippen molar-refractivity contribution in [2.45, 2.75) is 27.0 Å². The number of benzene rings is 2. The summed E-state index contributed by atoms with van der Waals surface area (Å²) in [6.07, 6.45) is 1.42. The van der Waals surface area contributed by atoms with E-state index in [0.717, 1.165) is 26.8 Å².